The van der Waals surface area contributed by atoms with Gasteiger partial charge in [-0.25, -0.2) is 4.79 Å². The molecule has 1 N–H and O–H groups in total. The molecule has 1 aliphatic rings. The summed E-state index contributed by atoms with van der Waals surface area (Å²) in [4.78, 5) is 24.2. The predicted molar refractivity (Wildman–Crippen MR) is 84.4 cm³/mol. The summed E-state index contributed by atoms with van der Waals surface area (Å²) in [6.07, 6.45) is 4.81. The van der Waals surface area contributed by atoms with Crippen molar-refractivity contribution in [3.05, 3.63) is 35.3 Å². The van der Waals surface area contributed by atoms with Gasteiger partial charge in [-0.3, -0.25) is 4.79 Å². The molecule has 1 aliphatic carbocycles. The molecule has 6 nitrogen and oxygen atoms in total. The van der Waals surface area contributed by atoms with Gasteiger partial charge in [-0.1, -0.05) is 26.7 Å². The Morgan fingerprint density at radius 1 is 1.30 bits per heavy atom. The quantitative estimate of drug-likeness (QED) is 0.521. The third kappa shape index (κ3) is 4.43. The van der Waals surface area contributed by atoms with Crippen LogP contribution in [0.25, 0.3) is 0 Å². The summed E-state index contributed by atoms with van der Waals surface area (Å²) in [6, 6.07) is 2.86. The molecular weight excluding hydrogens is 296 g/mol. The van der Waals surface area contributed by atoms with Gasteiger partial charge in [0.25, 0.3) is 5.91 Å². The van der Waals surface area contributed by atoms with E-state index < -0.39 is 12.1 Å². The van der Waals surface area contributed by atoms with E-state index in [9.17, 15) is 14.8 Å². The second-order valence-electron chi connectivity index (χ2n) is 6.38. The van der Waals surface area contributed by atoms with Gasteiger partial charge in [0.1, 0.15) is 0 Å². The second kappa shape index (κ2) is 7.44. The van der Waals surface area contributed by atoms with Crippen molar-refractivity contribution in [2.75, 3.05) is 0 Å². The van der Waals surface area contributed by atoms with Crippen LogP contribution < -0.4 is 10.0 Å². The molecule has 0 bridgehead atoms. The number of aromatic nitrogens is 1. The third-order valence-corrected chi connectivity index (χ3v) is 4.73. The highest BCUT2D eigenvalue weighted by Crippen LogP contribution is 2.29. The summed E-state index contributed by atoms with van der Waals surface area (Å²) in [5.41, 5.74) is 0.247. The van der Waals surface area contributed by atoms with E-state index in [2.05, 4.69) is 19.2 Å². The first kappa shape index (κ1) is 17.2. The summed E-state index contributed by atoms with van der Waals surface area (Å²) in [5.74, 6) is 0.102. The van der Waals surface area contributed by atoms with Crippen LogP contribution in [0.4, 0.5) is 0 Å². The Morgan fingerprint density at radius 3 is 2.61 bits per heavy atom. The Bertz CT molecular complexity index is 558. The standard InChI is InChI=1S/C17H24N2O4/c1-11-5-4-6-15(12(11)2)18-16(20)13(3)23-17(21)14-7-9-19(22)10-8-14/h7-13,15H,4-6H2,1-3H3,(H,18,20)/t11-,12+,13+,15-/m1/s1. The molecule has 1 amide bonds. The van der Waals surface area contributed by atoms with Gasteiger partial charge in [-0.05, 0) is 25.2 Å². The van der Waals surface area contributed by atoms with E-state index in [0.29, 0.717) is 16.6 Å². The summed E-state index contributed by atoms with van der Waals surface area (Å²) in [6.45, 7) is 5.90. The minimum atomic E-state index is -0.869. The molecule has 0 aliphatic heterocycles. The number of esters is 1. The Balaban J connectivity index is 1.89. The summed E-state index contributed by atoms with van der Waals surface area (Å²) < 4.78 is 5.76. The number of pyridine rings is 1. The maximum absolute atomic E-state index is 12.2. The first-order chi connectivity index (χ1) is 10.9. The van der Waals surface area contributed by atoms with E-state index in [1.165, 1.54) is 30.9 Å². The number of carbonyl (C=O) groups is 2. The molecule has 1 heterocycles. The van der Waals surface area contributed by atoms with Crippen LogP contribution in [0.15, 0.2) is 24.5 Å². The predicted octanol–water partition coefficient (Wildman–Crippen LogP) is 1.81. The monoisotopic (exact) mass is 320 g/mol. The van der Waals surface area contributed by atoms with E-state index in [4.69, 9.17) is 4.74 Å². The summed E-state index contributed by atoms with van der Waals surface area (Å²) >= 11 is 0. The normalized spacial score (nSPS) is 25.4. The number of rotatable bonds is 4. The van der Waals surface area contributed by atoms with Crippen molar-refractivity contribution in [3.8, 4) is 0 Å². The molecule has 0 aromatic carbocycles. The van der Waals surface area contributed by atoms with Crippen molar-refractivity contribution >= 4 is 11.9 Å². The van der Waals surface area contributed by atoms with Crippen molar-refractivity contribution < 1.29 is 19.1 Å². The fraction of sp³-hybridized carbons (Fsp3) is 0.588. The average Bonchev–Trinajstić information content (AvgIpc) is 2.52. The van der Waals surface area contributed by atoms with Crippen molar-refractivity contribution in [1.29, 1.82) is 0 Å². The lowest BCUT2D eigenvalue weighted by Gasteiger charge is -2.35. The van der Waals surface area contributed by atoms with Crippen LogP contribution in [0.1, 0.15) is 50.4 Å². The zero-order valence-electron chi connectivity index (χ0n) is 13.8. The number of amides is 1. The molecule has 23 heavy (non-hydrogen) atoms. The molecule has 0 radical (unpaired) electrons. The minimum absolute atomic E-state index is 0.128. The molecule has 0 unspecified atom stereocenters. The van der Waals surface area contributed by atoms with Gasteiger partial charge in [0, 0.05) is 18.2 Å². The lowest BCUT2D eigenvalue weighted by Crippen LogP contribution is -2.47. The average molecular weight is 320 g/mol. The highest BCUT2D eigenvalue weighted by molar-refractivity contribution is 5.92. The van der Waals surface area contributed by atoms with Gasteiger partial charge in [0.05, 0.1) is 5.56 Å². The SMILES string of the molecule is C[C@H]1[C@H](C)CCC[C@H]1NC(=O)[C@H](C)OC(=O)c1cc[n+]([O-])cc1. The summed E-state index contributed by atoms with van der Waals surface area (Å²) in [7, 11) is 0. The number of carbonyl (C=O) groups excluding carboxylic acids is 2. The lowest BCUT2D eigenvalue weighted by molar-refractivity contribution is -0.605. The molecule has 126 valence electrons. The molecule has 6 heteroatoms. The Labute approximate surface area is 136 Å². The van der Waals surface area contributed by atoms with Gasteiger partial charge in [-0.15, -0.1) is 0 Å². The van der Waals surface area contributed by atoms with Crippen LogP contribution >= 0.6 is 0 Å². The zero-order valence-corrected chi connectivity index (χ0v) is 13.8. The zero-order chi connectivity index (χ0) is 17.0. The molecular formula is C17H24N2O4. The van der Waals surface area contributed by atoms with E-state index in [1.54, 1.807) is 6.92 Å². The first-order valence-corrected chi connectivity index (χ1v) is 8.08. The molecule has 4 atom stereocenters. The third-order valence-electron chi connectivity index (χ3n) is 4.73. The van der Waals surface area contributed by atoms with Crippen LogP contribution in [0, 0.1) is 17.0 Å². The van der Waals surface area contributed by atoms with Crippen molar-refractivity contribution in [2.24, 2.45) is 11.8 Å². The van der Waals surface area contributed by atoms with E-state index in [-0.39, 0.29) is 17.5 Å². The smallest absolute Gasteiger partial charge is 0.339 e. The van der Waals surface area contributed by atoms with Crippen molar-refractivity contribution in [2.45, 2.75) is 52.2 Å². The number of hydrogen-bond acceptors (Lipinski definition) is 4. The van der Waals surface area contributed by atoms with Crippen LogP contribution in [-0.2, 0) is 9.53 Å². The number of ether oxygens (including phenoxy) is 1. The number of nitrogens with zero attached hydrogens (tertiary/aromatic N) is 1. The minimum Gasteiger partial charge on any atom is -0.619 e. The fourth-order valence-corrected chi connectivity index (χ4v) is 2.92. The van der Waals surface area contributed by atoms with Gasteiger partial charge < -0.3 is 15.3 Å². The first-order valence-electron chi connectivity index (χ1n) is 8.08. The molecule has 2 rings (SSSR count). The molecule has 0 saturated heterocycles. The number of hydrogen-bond donors (Lipinski definition) is 1. The second-order valence-corrected chi connectivity index (χ2v) is 6.38. The topological polar surface area (TPSA) is 82.3 Å². The van der Waals surface area contributed by atoms with Crippen molar-refractivity contribution in [1.82, 2.24) is 5.32 Å². The molecule has 1 aromatic heterocycles. The van der Waals surface area contributed by atoms with Crippen LogP contribution in [-0.4, -0.2) is 24.0 Å². The van der Waals surface area contributed by atoms with Crippen LogP contribution in [0.2, 0.25) is 0 Å². The Morgan fingerprint density at radius 2 is 1.96 bits per heavy atom. The van der Waals surface area contributed by atoms with Crippen LogP contribution in [0.3, 0.4) is 0 Å². The Hall–Kier alpha value is -2.11. The van der Waals surface area contributed by atoms with Crippen molar-refractivity contribution in [3.63, 3.8) is 0 Å². The van der Waals surface area contributed by atoms with Crippen LogP contribution in [0.5, 0.6) is 0 Å². The maximum Gasteiger partial charge on any atom is 0.339 e. The van der Waals surface area contributed by atoms with Gasteiger partial charge in [0.2, 0.25) is 0 Å². The summed E-state index contributed by atoms with van der Waals surface area (Å²) in [5, 5.41) is 13.9. The van der Waals surface area contributed by atoms with Gasteiger partial charge >= 0.3 is 5.97 Å². The maximum atomic E-state index is 12.2. The highest BCUT2D eigenvalue weighted by Gasteiger charge is 2.30. The largest absolute Gasteiger partial charge is 0.619 e. The molecule has 0 spiro atoms. The molecule has 1 saturated carbocycles. The highest BCUT2D eigenvalue weighted by atomic mass is 16.5. The van der Waals surface area contributed by atoms with E-state index in [1.807, 2.05) is 0 Å². The van der Waals surface area contributed by atoms with E-state index in [0.717, 1.165) is 12.8 Å². The molecule has 1 fully saturated rings. The lowest BCUT2D eigenvalue weighted by atomic mass is 9.78. The fourth-order valence-electron chi connectivity index (χ4n) is 2.92. The number of nitrogens with one attached hydrogen (secondary N) is 1. The van der Waals surface area contributed by atoms with Gasteiger partial charge in [0.15, 0.2) is 18.5 Å². The van der Waals surface area contributed by atoms with Gasteiger partial charge in [-0.2, -0.15) is 4.73 Å². The Kier molecular flexibility index (Phi) is 5.58. The molecule has 1 aromatic rings. The van der Waals surface area contributed by atoms with E-state index >= 15 is 0 Å².